The van der Waals surface area contributed by atoms with E-state index < -0.39 is 30.6 Å². The predicted molar refractivity (Wildman–Crippen MR) is 83.2 cm³/mol. The summed E-state index contributed by atoms with van der Waals surface area (Å²) in [5, 5.41) is 9.82. The van der Waals surface area contributed by atoms with E-state index in [0.717, 1.165) is 0 Å². The SMILES string of the molecule is B=BO[C@@H]1[C@H](COC(=O)c2ccccc2)OC(O)[C@@H]1OB=B. The van der Waals surface area contributed by atoms with Crippen LogP contribution < -0.4 is 0 Å². The van der Waals surface area contributed by atoms with Crippen molar-refractivity contribution in [2.75, 3.05) is 6.61 Å². The molecule has 1 aliphatic rings. The molecule has 10 heteroatoms. The summed E-state index contributed by atoms with van der Waals surface area (Å²) < 4.78 is 21.0. The number of benzene rings is 1. The quantitative estimate of drug-likeness (QED) is 0.473. The average molecular weight is 297 g/mol. The Labute approximate surface area is 131 Å². The molecule has 2 rings (SSSR count). The average Bonchev–Trinajstić information content (AvgIpc) is 2.83. The second-order valence-electron chi connectivity index (χ2n) is 4.56. The monoisotopic (exact) mass is 298 g/mol. The van der Waals surface area contributed by atoms with Crippen LogP contribution in [0, 0.1) is 0 Å². The summed E-state index contributed by atoms with van der Waals surface area (Å²) in [6.07, 6.45) is -3.31. The van der Waals surface area contributed by atoms with E-state index in [1.165, 1.54) is 14.0 Å². The van der Waals surface area contributed by atoms with Crippen LogP contribution in [0.5, 0.6) is 0 Å². The number of carbonyl (C=O) groups is 1. The summed E-state index contributed by atoms with van der Waals surface area (Å²) in [5.41, 5.74) is 0.432. The van der Waals surface area contributed by atoms with Crippen molar-refractivity contribution in [1.82, 2.24) is 0 Å². The molecule has 0 bridgehead atoms. The van der Waals surface area contributed by atoms with Crippen molar-refractivity contribution in [3.63, 3.8) is 0 Å². The molecule has 0 spiro atoms. The Hall–Kier alpha value is -1.53. The Kier molecular flexibility index (Phi) is 6.27. The molecule has 1 N–H and O–H groups in total. The number of ether oxygens (including phenoxy) is 2. The minimum absolute atomic E-state index is 0.0830. The topological polar surface area (TPSA) is 74.2 Å². The van der Waals surface area contributed by atoms with E-state index in [-0.39, 0.29) is 6.61 Å². The molecule has 4 atom stereocenters. The summed E-state index contributed by atoms with van der Waals surface area (Å²) in [6, 6.07) is 8.58. The van der Waals surface area contributed by atoms with Crippen LogP contribution in [0.1, 0.15) is 10.4 Å². The number of hydrogen-bond donors (Lipinski definition) is 1. The van der Waals surface area contributed by atoms with Gasteiger partial charge < -0.3 is 0 Å². The summed E-state index contributed by atoms with van der Waals surface area (Å²) >= 11 is 0. The van der Waals surface area contributed by atoms with Crippen molar-refractivity contribution >= 4 is 34.7 Å². The van der Waals surface area contributed by atoms with E-state index in [0.29, 0.717) is 5.56 Å². The van der Waals surface area contributed by atoms with Gasteiger partial charge in [-0.05, 0) is 0 Å². The van der Waals surface area contributed by atoms with Crippen LogP contribution in [0.25, 0.3) is 0 Å². The maximum absolute atomic E-state index is 11.9. The van der Waals surface area contributed by atoms with Gasteiger partial charge in [0.25, 0.3) is 0 Å². The summed E-state index contributed by atoms with van der Waals surface area (Å²) in [7, 11) is 9.32. The fraction of sp³-hybridized carbons (Fsp3) is 0.417. The number of esters is 1. The number of aliphatic hydroxyl groups excluding tert-OH is 1. The van der Waals surface area contributed by atoms with Gasteiger partial charge in [0.1, 0.15) is 0 Å². The summed E-state index contributed by atoms with van der Waals surface area (Å²) in [5.74, 6) is -0.482. The molecule has 0 saturated carbocycles. The molecular weight excluding hydrogens is 283 g/mol. The van der Waals surface area contributed by atoms with Gasteiger partial charge in [-0.3, -0.25) is 0 Å². The van der Waals surface area contributed by atoms with E-state index in [2.05, 4.69) is 14.7 Å². The molecule has 1 aromatic carbocycles. The molecule has 0 amide bonds. The third kappa shape index (κ3) is 4.01. The predicted octanol–water partition coefficient (Wildman–Crippen LogP) is -1.80. The Morgan fingerprint density at radius 1 is 1.18 bits per heavy atom. The Balaban J connectivity index is 1.97. The van der Waals surface area contributed by atoms with Crippen LogP contribution in [0.4, 0.5) is 0 Å². The van der Waals surface area contributed by atoms with Gasteiger partial charge >= 0.3 is 131 Å². The minimum atomic E-state index is -1.21. The number of hydrogen-bond acceptors (Lipinski definition) is 6. The van der Waals surface area contributed by atoms with Crippen LogP contribution in [0.3, 0.4) is 0 Å². The Morgan fingerprint density at radius 2 is 1.82 bits per heavy atom. The first-order chi connectivity index (χ1) is 10.7. The fourth-order valence-electron chi connectivity index (χ4n) is 2.19. The molecule has 6 nitrogen and oxygen atoms in total. The molecule has 1 aromatic rings. The zero-order chi connectivity index (χ0) is 15.9. The molecule has 1 unspecified atom stereocenters. The van der Waals surface area contributed by atoms with Crippen molar-refractivity contribution < 1.29 is 28.7 Å². The number of rotatable bonds is 7. The van der Waals surface area contributed by atoms with Gasteiger partial charge in [-0.25, -0.2) is 0 Å². The molecular formula is C12H14B4O6. The van der Waals surface area contributed by atoms with E-state index in [4.69, 9.17) is 18.8 Å². The first-order valence-electron chi connectivity index (χ1n) is 6.75. The second kappa shape index (κ2) is 8.19. The standard InChI is InChI=1S/C12H14B4O6/c13-15-21-9-8(20-12(18)10(9)22-16-14)6-19-11(17)7-4-2-1-3-5-7/h1-5,8-10,12-14,18H,6H2/t8-,9+,10+,12?/m0/s1. The third-order valence-electron chi connectivity index (χ3n) is 3.18. The van der Waals surface area contributed by atoms with Crippen molar-refractivity contribution in [3.05, 3.63) is 35.9 Å². The molecule has 0 aromatic heterocycles. The zero-order valence-corrected chi connectivity index (χ0v) is 12.0. The first kappa shape index (κ1) is 16.8. The molecule has 22 heavy (non-hydrogen) atoms. The van der Waals surface area contributed by atoms with Gasteiger partial charge in [0.05, 0.1) is 0 Å². The van der Waals surface area contributed by atoms with Gasteiger partial charge in [0, 0.05) is 0 Å². The number of aliphatic hydroxyl groups is 1. The van der Waals surface area contributed by atoms with Crippen LogP contribution >= 0.6 is 0 Å². The van der Waals surface area contributed by atoms with Crippen molar-refractivity contribution in [2.24, 2.45) is 0 Å². The van der Waals surface area contributed by atoms with Crippen molar-refractivity contribution in [2.45, 2.75) is 24.6 Å². The van der Waals surface area contributed by atoms with Gasteiger partial charge in [0.2, 0.25) is 0 Å². The van der Waals surface area contributed by atoms with E-state index in [1.807, 2.05) is 0 Å². The maximum atomic E-state index is 11.9. The summed E-state index contributed by atoms with van der Waals surface area (Å²) in [4.78, 5) is 11.9. The number of carbonyl (C=O) groups excluding carboxylic acids is 1. The molecule has 1 aliphatic heterocycles. The molecule has 1 fully saturated rings. The van der Waals surface area contributed by atoms with Crippen LogP contribution in [0.2, 0.25) is 0 Å². The van der Waals surface area contributed by atoms with Crippen molar-refractivity contribution in [3.8, 4) is 0 Å². The molecule has 1 saturated heterocycles. The Bertz CT molecular complexity index is 528. The van der Waals surface area contributed by atoms with E-state index in [1.54, 1.807) is 30.3 Å². The van der Waals surface area contributed by atoms with E-state index >= 15 is 0 Å². The van der Waals surface area contributed by atoms with Gasteiger partial charge in [-0.1, -0.05) is 0 Å². The van der Waals surface area contributed by atoms with E-state index in [9.17, 15) is 9.90 Å². The molecule has 110 valence electrons. The van der Waals surface area contributed by atoms with Crippen LogP contribution in [-0.4, -0.2) is 71.0 Å². The second-order valence-corrected chi connectivity index (χ2v) is 4.56. The van der Waals surface area contributed by atoms with Crippen LogP contribution in [-0.2, 0) is 18.8 Å². The molecule has 0 aliphatic carbocycles. The van der Waals surface area contributed by atoms with Gasteiger partial charge in [-0.2, -0.15) is 0 Å². The molecule has 0 radical (unpaired) electrons. The van der Waals surface area contributed by atoms with Crippen LogP contribution in [0.15, 0.2) is 30.3 Å². The molecule has 1 heterocycles. The van der Waals surface area contributed by atoms with Gasteiger partial charge in [-0.15, -0.1) is 0 Å². The zero-order valence-electron chi connectivity index (χ0n) is 12.0. The summed E-state index contributed by atoms with van der Waals surface area (Å²) in [6.45, 7) is -0.0830. The fourth-order valence-corrected chi connectivity index (χ4v) is 2.19. The Morgan fingerprint density at radius 3 is 2.45 bits per heavy atom. The van der Waals surface area contributed by atoms with Crippen molar-refractivity contribution in [1.29, 1.82) is 0 Å². The third-order valence-corrected chi connectivity index (χ3v) is 3.18. The first-order valence-corrected chi connectivity index (χ1v) is 6.75. The normalized spacial score (nSPS) is 26.5. The van der Waals surface area contributed by atoms with Gasteiger partial charge in [0.15, 0.2) is 0 Å².